The second-order valence-electron chi connectivity index (χ2n) is 4.21. The fraction of sp³-hybridized carbons (Fsp3) is 0.636. The number of nitrogens with zero attached hydrogens (tertiary/aromatic N) is 1. The van der Waals surface area contributed by atoms with Crippen molar-refractivity contribution in [3.63, 3.8) is 0 Å². The zero-order valence-electron chi connectivity index (χ0n) is 9.84. The lowest BCUT2D eigenvalue weighted by Gasteiger charge is -2.30. The molecule has 0 radical (unpaired) electrons. The molecular formula is C11H17BrN2O2. The molecule has 0 aliphatic carbocycles. The average Bonchev–Trinajstić information content (AvgIpc) is 2.23. The monoisotopic (exact) mass is 288 g/mol. The van der Waals surface area contributed by atoms with Crippen molar-refractivity contribution in [2.75, 3.05) is 0 Å². The van der Waals surface area contributed by atoms with Crippen molar-refractivity contribution in [1.82, 2.24) is 9.55 Å². The SMILES string of the molecule is CCCC(C)(CC)n1cc(Br)c(=O)[nH]c1=O. The highest BCUT2D eigenvalue weighted by molar-refractivity contribution is 9.10. The highest BCUT2D eigenvalue weighted by atomic mass is 79.9. The topological polar surface area (TPSA) is 54.9 Å². The van der Waals surface area contributed by atoms with Crippen LogP contribution in [0.3, 0.4) is 0 Å². The maximum absolute atomic E-state index is 11.8. The molecule has 1 aromatic rings. The van der Waals surface area contributed by atoms with Crippen LogP contribution in [0, 0.1) is 0 Å². The minimum Gasteiger partial charge on any atom is -0.294 e. The predicted octanol–water partition coefficient (Wildman–Crippen LogP) is 2.22. The number of hydrogen-bond acceptors (Lipinski definition) is 2. The van der Waals surface area contributed by atoms with Gasteiger partial charge in [-0.3, -0.25) is 14.3 Å². The Kier molecular flexibility index (Phi) is 4.13. The predicted molar refractivity (Wildman–Crippen MR) is 67.9 cm³/mol. The van der Waals surface area contributed by atoms with Crippen LogP contribution in [0.15, 0.2) is 20.3 Å². The number of hydrogen-bond donors (Lipinski definition) is 1. The molecule has 0 aliphatic heterocycles. The third-order valence-corrected chi connectivity index (χ3v) is 3.60. The number of aromatic amines is 1. The lowest BCUT2D eigenvalue weighted by molar-refractivity contribution is 0.265. The lowest BCUT2D eigenvalue weighted by Crippen LogP contribution is -2.41. The van der Waals surface area contributed by atoms with E-state index < -0.39 is 0 Å². The van der Waals surface area contributed by atoms with E-state index in [4.69, 9.17) is 0 Å². The van der Waals surface area contributed by atoms with Gasteiger partial charge in [0.25, 0.3) is 5.56 Å². The van der Waals surface area contributed by atoms with Crippen LogP contribution >= 0.6 is 15.9 Å². The maximum Gasteiger partial charge on any atom is 0.328 e. The number of halogens is 1. The van der Waals surface area contributed by atoms with Gasteiger partial charge in [-0.2, -0.15) is 0 Å². The second kappa shape index (κ2) is 4.99. The van der Waals surface area contributed by atoms with Crippen molar-refractivity contribution in [3.05, 3.63) is 31.5 Å². The number of nitrogens with one attached hydrogen (secondary N) is 1. The zero-order valence-corrected chi connectivity index (χ0v) is 11.4. The van der Waals surface area contributed by atoms with Gasteiger partial charge in [0.05, 0.1) is 4.47 Å². The van der Waals surface area contributed by atoms with E-state index in [0.717, 1.165) is 19.3 Å². The van der Waals surface area contributed by atoms with E-state index in [1.807, 2.05) is 13.8 Å². The molecule has 1 aromatic heterocycles. The fourth-order valence-corrected chi connectivity index (χ4v) is 2.16. The molecule has 0 spiro atoms. The largest absolute Gasteiger partial charge is 0.328 e. The summed E-state index contributed by atoms with van der Waals surface area (Å²) in [4.78, 5) is 25.3. The molecule has 4 nitrogen and oxygen atoms in total. The summed E-state index contributed by atoms with van der Waals surface area (Å²) in [6, 6.07) is 0. The third-order valence-electron chi connectivity index (χ3n) is 3.03. The van der Waals surface area contributed by atoms with E-state index in [1.165, 1.54) is 0 Å². The van der Waals surface area contributed by atoms with Crippen molar-refractivity contribution >= 4 is 15.9 Å². The van der Waals surface area contributed by atoms with Gasteiger partial charge in [-0.05, 0) is 35.7 Å². The van der Waals surface area contributed by atoms with Gasteiger partial charge < -0.3 is 0 Å². The Morgan fingerprint density at radius 2 is 2.06 bits per heavy atom. The molecule has 0 fully saturated rings. The van der Waals surface area contributed by atoms with E-state index in [2.05, 4.69) is 27.8 Å². The molecule has 0 saturated carbocycles. The minimum atomic E-state index is -0.379. The van der Waals surface area contributed by atoms with Crippen molar-refractivity contribution in [2.24, 2.45) is 0 Å². The number of aromatic nitrogens is 2. The van der Waals surface area contributed by atoms with E-state index in [-0.39, 0.29) is 16.8 Å². The van der Waals surface area contributed by atoms with Gasteiger partial charge >= 0.3 is 5.69 Å². The minimum absolute atomic E-state index is 0.238. The first kappa shape index (κ1) is 13.2. The van der Waals surface area contributed by atoms with Gasteiger partial charge in [0.2, 0.25) is 0 Å². The smallest absolute Gasteiger partial charge is 0.294 e. The standard InChI is InChI=1S/C11H17BrN2O2/c1-4-6-11(3,5-2)14-7-8(12)9(15)13-10(14)16/h7H,4-6H2,1-3H3,(H,13,15,16). The number of rotatable bonds is 4. The molecule has 1 heterocycles. The van der Waals surface area contributed by atoms with Crippen molar-refractivity contribution in [2.45, 2.75) is 45.6 Å². The first-order valence-electron chi connectivity index (χ1n) is 5.46. The van der Waals surface area contributed by atoms with Gasteiger partial charge in [0, 0.05) is 11.7 Å². The summed E-state index contributed by atoms with van der Waals surface area (Å²) in [6.07, 6.45) is 4.33. The summed E-state index contributed by atoms with van der Waals surface area (Å²) in [5.41, 5.74) is -0.958. The van der Waals surface area contributed by atoms with Crippen LogP contribution in [-0.2, 0) is 5.54 Å². The quantitative estimate of drug-likeness (QED) is 0.924. The summed E-state index contributed by atoms with van der Waals surface area (Å²) >= 11 is 3.15. The Morgan fingerprint density at radius 3 is 2.56 bits per heavy atom. The Morgan fingerprint density at radius 1 is 1.44 bits per heavy atom. The molecule has 1 atom stereocenters. The highest BCUT2D eigenvalue weighted by Gasteiger charge is 2.24. The Hall–Kier alpha value is -0.840. The molecule has 90 valence electrons. The maximum atomic E-state index is 11.8. The molecule has 5 heteroatoms. The molecule has 0 aliphatic rings. The summed E-state index contributed by atoms with van der Waals surface area (Å²) in [5, 5.41) is 0. The van der Waals surface area contributed by atoms with Crippen LogP contribution < -0.4 is 11.2 Å². The Balaban J connectivity index is 3.36. The summed E-state index contributed by atoms with van der Waals surface area (Å²) in [7, 11) is 0. The zero-order chi connectivity index (χ0) is 12.3. The molecule has 0 saturated heterocycles. The van der Waals surface area contributed by atoms with Gasteiger partial charge in [-0.1, -0.05) is 20.3 Å². The molecular weight excluding hydrogens is 272 g/mol. The van der Waals surface area contributed by atoms with E-state index in [9.17, 15) is 9.59 Å². The van der Waals surface area contributed by atoms with Gasteiger partial charge in [-0.15, -0.1) is 0 Å². The molecule has 1 N–H and O–H groups in total. The van der Waals surface area contributed by atoms with Gasteiger partial charge in [0.1, 0.15) is 0 Å². The Labute approximate surface area is 103 Å². The fourth-order valence-electron chi connectivity index (χ4n) is 1.85. The molecule has 0 aromatic carbocycles. The normalized spacial score (nSPS) is 14.8. The van der Waals surface area contributed by atoms with Crippen LogP contribution in [0.2, 0.25) is 0 Å². The number of H-pyrrole nitrogens is 1. The van der Waals surface area contributed by atoms with Gasteiger partial charge in [0.15, 0.2) is 0 Å². The molecule has 0 bridgehead atoms. The van der Waals surface area contributed by atoms with Crippen molar-refractivity contribution in [1.29, 1.82) is 0 Å². The van der Waals surface area contributed by atoms with Crippen LogP contribution in [-0.4, -0.2) is 9.55 Å². The van der Waals surface area contributed by atoms with Crippen molar-refractivity contribution in [3.8, 4) is 0 Å². The summed E-state index contributed by atoms with van der Waals surface area (Å²) in [5.74, 6) is 0. The van der Waals surface area contributed by atoms with Crippen molar-refractivity contribution < 1.29 is 0 Å². The lowest BCUT2D eigenvalue weighted by atomic mass is 9.93. The molecule has 0 amide bonds. The first-order chi connectivity index (χ1) is 7.44. The molecule has 1 rings (SSSR count). The van der Waals surface area contributed by atoms with E-state index in [0.29, 0.717) is 4.47 Å². The van der Waals surface area contributed by atoms with Crippen LogP contribution in [0.5, 0.6) is 0 Å². The van der Waals surface area contributed by atoms with E-state index >= 15 is 0 Å². The average molecular weight is 289 g/mol. The second-order valence-corrected chi connectivity index (χ2v) is 5.06. The highest BCUT2D eigenvalue weighted by Crippen LogP contribution is 2.24. The van der Waals surface area contributed by atoms with Crippen LogP contribution in [0.25, 0.3) is 0 Å². The van der Waals surface area contributed by atoms with Gasteiger partial charge in [-0.25, -0.2) is 4.79 Å². The van der Waals surface area contributed by atoms with Crippen LogP contribution in [0.1, 0.15) is 40.0 Å². The summed E-state index contributed by atoms with van der Waals surface area (Å²) < 4.78 is 2.00. The third kappa shape index (κ3) is 2.45. The van der Waals surface area contributed by atoms with Crippen LogP contribution in [0.4, 0.5) is 0 Å². The molecule has 16 heavy (non-hydrogen) atoms. The summed E-state index contributed by atoms with van der Waals surface area (Å²) in [6.45, 7) is 6.16. The Bertz CT molecular complexity index is 478. The molecule has 1 unspecified atom stereocenters. The van der Waals surface area contributed by atoms with E-state index in [1.54, 1.807) is 10.8 Å². The first-order valence-corrected chi connectivity index (χ1v) is 6.26.